The number of ether oxygens (including phenoxy) is 1. The molecule has 1 rings (SSSR count). The minimum Gasteiger partial charge on any atom is -0.495 e. The van der Waals surface area contributed by atoms with E-state index >= 15 is 0 Å². The second kappa shape index (κ2) is 5.49. The maximum atomic E-state index is 13.6. The van der Waals surface area contributed by atoms with Crippen LogP contribution < -0.4 is 15.8 Å². The van der Waals surface area contributed by atoms with Crippen molar-refractivity contribution in [2.45, 2.75) is 18.6 Å². The van der Waals surface area contributed by atoms with Crippen molar-refractivity contribution in [2.24, 2.45) is 0 Å². The van der Waals surface area contributed by atoms with Gasteiger partial charge in [-0.15, -0.1) is 0 Å². The molecule has 0 saturated carbocycles. The molecule has 5 heteroatoms. The van der Waals surface area contributed by atoms with Gasteiger partial charge < -0.3 is 15.8 Å². The van der Waals surface area contributed by atoms with Crippen LogP contribution >= 0.6 is 11.8 Å². The van der Waals surface area contributed by atoms with Crippen LogP contribution in [0.1, 0.15) is 13.8 Å². The molecule has 0 spiro atoms. The predicted molar refractivity (Wildman–Crippen MR) is 73.4 cm³/mol. The lowest BCUT2D eigenvalue weighted by Gasteiger charge is -2.23. The van der Waals surface area contributed by atoms with Crippen LogP contribution in [0.25, 0.3) is 0 Å². The Balaban J connectivity index is 2.84. The quantitative estimate of drug-likeness (QED) is 0.797. The van der Waals surface area contributed by atoms with E-state index in [2.05, 4.69) is 19.2 Å². The van der Waals surface area contributed by atoms with E-state index in [0.29, 0.717) is 23.7 Å². The Kier molecular flexibility index (Phi) is 4.51. The Labute approximate surface area is 106 Å². The van der Waals surface area contributed by atoms with Gasteiger partial charge in [0.2, 0.25) is 0 Å². The molecule has 0 aromatic heterocycles. The van der Waals surface area contributed by atoms with Gasteiger partial charge in [0, 0.05) is 23.4 Å². The largest absolute Gasteiger partial charge is 0.495 e. The number of benzene rings is 1. The third kappa shape index (κ3) is 3.70. The first-order valence-electron chi connectivity index (χ1n) is 5.31. The minimum atomic E-state index is -0.361. The van der Waals surface area contributed by atoms with E-state index in [0.717, 1.165) is 0 Å². The highest BCUT2D eigenvalue weighted by molar-refractivity contribution is 7.99. The third-order valence-corrected chi connectivity index (χ3v) is 3.83. The molecule has 3 N–H and O–H groups in total. The Morgan fingerprint density at radius 2 is 2.12 bits per heavy atom. The zero-order valence-corrected chi connectivity index (χ0v) is 11.5. The van der Waals surface area contributed by atoms with E-state index in [1.165, 1.54) is 13.2 Å². The van der Waals surface area contributed by atoms with E-state index in [1.54, 1.807) is 17.8 Å². The number of nitrogen functional groups attached to an aromatic ring is 1. The number of halogens is 1. The van der Waals surface area contributed by atoms with Gasteiger partial charge in [0.05, 0.1) is 18.5 Å². The zero-order chi connectivity index (χ0) is 13.1. The highest BCUT2D eigenvalue weighted by Gasteiger charge is 2.17. The number of hydrogen-bond acceptors (Lipinski definition) is 4. The smallest absolute Gasteiger partial charge is 0.148 e. The second-order valence-electron chi connectivity index (χ2n) is 4.39. The molecule has 96 valence electrons. The molecule has 0 radical (unpaired) electrons. The number of nitrogens with two attached hydrogens (primary N) is 1. The molecule has 1 aromatic carbocycles. The fraction of sp³-hybridized carbons (Fsp3) is 0.500. The summed E-state index contributed by atoms with van der Waals surface area (Å²) in [6.07, 6.45) is 2.03. The molecular weight excluding hydrogens is 239 g/mol. The maximum Gasteiger partial charge on any atom is 0.148 e. The Morgan fingerprint density at radius 3 is 2.65 bits per heavy atom. The Morgan fingerprint density at radius 1 is 1.47 bits per heavy atom. The maximum absolute atomic E-state index is 13.6. The van der Waals surface area contributed by atoms with Crippen LogP contribution in [0.4, 0.5) is 15.8 Å². The predicted octanol–water partition coefficient (Wildman–Crippen LogP) is 2.97. The standard InChI is InChI=1S/C12H19FN2OS/c1-12(2,17-4)7-15-10-6-11(16-3)9(14)5-8(10)13/h5-6,15H,7,14H2,1-4H3. The second-order valence-corrected chi connectivity index (χ2v) is 5.90. The molecule has 1 aromatic rings. The molecular formula is C12H19FN2OS. The summed E-state index contributed by atoms with van der Waals surface area (Å²) in [6, 6.07) is 2.86. The molecule has 0 fully saturated rings. The molecule has 0 amide bonds. The van der Waals surface area contributed by atoms with Crippen LogP contribution in [0.5, 0.6) is 5.75 Å². The van der Waals surface area contributed by atoms with Crippen LogP contribution in [0.2, 0.25) is 0 Å². The summed E-state index contributed by atoms with van der Waals surface area (Å²) in [5.41, 5.74) is 6.33. The first-order valence-corrected chi connectivity index (χ1v) is 6.54. The topological polar surface area (TPSA) is 47.3 Å². The van der Waals surface area contributed by atoms with Crippen LogP contribution in [0.15, 0.2) is 12.1 Å². The van der Waals surface area contributed by atoms with E-state index < -0.39 is 0 Å². The molecule has 0 unspecified atom stereocenters. The normalized spacial score (nSPS) is 11.4. The average molecular weight is 258 g/mol. The highest BCUT2D eigenvalue weighted by Crippen LogP contribution is 2.29. The first-order chi connectivity index (χ1) is 7.89. The van der Waals surface area contributed by atoms with Crippen LogP contribution in [-0.2, 0) is 0 Å². The van der Waals surface area contributed by atoms with Gasteiger partial charge in [-0.1, -0.05) is 0 Å². The van der Waals surface area contributed by atoms with Crippen molar-refractivity contribution >= 4 is 23.1 Å². The van der Waals surface area contributed by atoms with Crippen molar-refractivity contribution in [3.05, 3.63) is 17.9 Å². The van der Waals surface area contributed by atoms with Crippen molar-refractivity contribution in [1.82, 2.24) is 0 Å². The van der Waals surface area contributed by atoms with Crippen molar-refractivity contribution in [3.63, 3.8) is 0 Å². The summed E-state index contributed by atoms with van der Waals surface area (Å²) in [6.45, 7) is 4.85. The van der Waals surface area contributed by atoms with Gasteiger partial charge in [-0.25, -0.2) is 4.39 Å². The number of rotatable bonds is 5. The van der Waals surface area contributed by atoms with E-state index in [9.17, 15) is 4.39 Å². The summed E-state index contributed by atoms with van der Waals surface area (Å²) >= 11 is 1.72. The molecule has 0 atom stereocenters. The number of nitrogens with one attached hydrogen (secondary N) is 1. The summed E-state index contributed by atoms with van der Waals surface area (Å²) in [7, 11) is 1.51. The van der Waals surface area contributed by atoms with Gasteiger partial charge in [-0.3, -0.25) is 0 Å². The number of methoxy groups -OCH3 is 1. The number of hydrogen-bond donors (Lipinski definition) is 2. The Hall–Kier alpha value is -1.10. The van der Waals surface area contributed by atoms with Crippen molar-refractivity contribution in [2.75, 3.05) is 31.0 Å². The van der Waals surface area contributed by atoms with Crippen LogP contribution in [-0.4, -0.2) is 24.7 Å². The van der Waals surface area contributed by atoms with E-state index in [1.807, 2.05) is 6.26 Å². The third-order valence-electron chi connectivity index (χ3n) is 2.58. The zero-order valence-electron chi connectivity index (χ0n) is 10.6. The summed E-state index contributed by atoms with van der Waals surface area (Å²) in [4.78, 5) is 0. The lowest BCUT2D eigenvalue weighted by atomic mass is 10.2. The number of thioether (sulfide) groups is 1. The SMILES string of the molecule is COc1cc(NCC(C)(C)SC)c(F)cc1N. The molecule has 0 aliphatic heterocycles. The van der Waals surface area contributed by atoms with Gasteiger partial charge in [-0.2, -0.15) is 11.8 Å². The van der Waals surface area contributed by atoms with Crippen LogP contribution in [0, 0.1) is 5.82 Å². The highest BCUT2D eigenvalue weighted by atomic mass is 32.2. The van der Waals surface area contributed by atoms with Gasteiger partial charge in [0.25, 0.3) is 0 Å². The van der Waals surface area contributed by atoms with E-state index in [4.69, 9.17) is 10.5 Å². The van der Waals surface area contributed by atoms with Gasteiger partial charge in [-0.05, 0) is 20.1 Å². The van der Waals surface area contributed by atoms with Crippen molar-refractivity contribution < 1.29 is 9.13 Å². The van der Waals surface area contributed by atoms with Crippen LogP contribution in [0.3, 0.4) is 0 Å². The lowest BCUT2D eigenvalue weighted by Crippen LogP contribution is -2.26. The van der Waals surface area contributed by atoms with Gasteiger partial charge in [0.15, 0.2) is 0 Å². The summed E-state index contributed by atoms with van der Waals surface area (Å²) in [5, 5.41) is 3.07. The van der Waals surface area contributed by atoms with Gasteiger partial charge in [0.1, 0.15) is 11.6 Å². The Bertz CT molecular complexity index is 396. The minimum absolute atomic E-state index is 0.0427. The molecule has 17 heavy (non-hydrogen) atoms. The van der Waals surface area contributed by atoms with Crippen molar-refractivity contribution in [1.29, 1.82) is 0 Å². The first kappa shape index (κ1) is 14.0. The average Bonchev–Trinajstić information content (AvgIpc) is 2.28. The fourth-order valence-electron chi connectivity index (χ4n) is 1.26. The summed E-state index contributed by atoms with van der Waals surface area (Å²) < 4.78 is 18.7. The number of anilines is 2. The molecule has 0 heterocycles. The fourth-order valence-corrected chi connectivity index (χ4v) is 1.48. The molecule has 0 aliphatic rings. The van der Waals surface area contributed by atoms with E-state index in [-0.39, 0.29) is 10.6 Å². The molecule has 0 aliphatic carbocycles. The van der Waals surface area contributed by atoms with Crippen molar-refractivity contribution in [3.8, 4) is 5.75 Å². The monoisotopic (exact) mass is 258 g/mol. The van der Waals surface area contributed by atoms with Gasteiger partial charge >= 0.3 is 0 Å². The molecule has 0 saturated heterocycles. The molecule has 3 nitrogen and oxygen atoms in total. The molecule has 0 bridgehead atoms. The lowest BCUT2D eigenvalue weighted by molar-refractivity contribution is 0.416. The summed E-state index contributed by atoms with van der Waals surface area (Å²) in [5.74, 6) is 0.121.